The van der Waals surface area contributed by atoms with Gasteiger partial charge in [-0.05, 0) is 71.3 Å². The van der Waals surface area contributed by atoms with Crippen LogP contribution in [0.1, 0.15) is 91.1 Å². The van der Waals surface area contributed by atoms with Crippen molar-refractivity contribution in [3.63, 3.8) is 0 Å². The predicted molar refractivity (Wildman–Crippen MR) is 230 cm³/mol. The highest BCUT2D eigenvalue weighted by molar-refractivity contribution is 8.00. The first kappa shape index (κ1) is 46.4. The zero-order valence-corrected chi connectivity index (χ0v) is 34.8. The smallest absolute Gasteiger partial charge is 0.446 e. The van der Waals surface area contributed by atoms with Gasteiger partial charge in [0.1, 0.15) is 35.4 Å². The number of thioether (sulfide) groups is 1. The Balaban J connectivity index is 0.000000244. The first-order valence-corrected chi connectivity index (χ1v) is 21.1. The molecule has 330 valence electrons. The fraction of sp³-hybridized carbons (Fsp3) is 0.250. The van der Waals surface area contributed by atoms with Crippen molar-refractivity contribution in [1.29, 1.82) is 0 Å². The number of para-hydroxylation sites is 1. The van der Waals surface area contributed by atoms with Crippen LogP contribution in [0.15, 0.2) is 120 Å². The van der Waals surface area contributed by atoms with Gasteiger partial charge in [0.25, 0.3) is 0 Å². The summed E-state index contributed by atoms with van der Waals surface area (Å²) in [4.78, 5) is 23.2. The highest BCUT2D eigenvalue weighted by Gasteiger charge is 2.33. The van der Waals surface area contributed by atoms with E-state index in [9.17, 15) is 36.6 Å². The van der Waals surface area contributed by atoms with Crippen molar-refractivity contribution in [2.75, 3.05) is 6.61 Å². The topological polar surface area (TPSA) is 107 Å². The van der Waals surface area contributed by atoms with Gasteiger partial charge in [0.05, 0.1) is 28.3 Å². The summed E-state index contributed by atoms with van der Waals surface area (Å²) in [5, 5.41) is 13.5. The lowest BCUT2D eigenvalue weighted by Gasteiger charge is -2.18. The van der Waals surface area contributed by atoms with Crippen LogP contribution < -0.4 is 11.1 Å². The van der Waals surface area contributed by atoms with Crippen molar-refractivity contribution < 1.29 is 50.2 Å². The number of Topliss-reactive ketones (excluding diaryl/α,β-unsaturated/α-hetero) is 1. The number of urea groups is 1. The Morgan fingerprint density at radius 2 is 1.48 bits per heavy atom. The van der Waals surface area contributed by atoms with Crippen LogP contribution in [0.3, 0.4) is 0 Å². The molecule has 0 aliphatic heterocycles. The summed E-state index contributed by atoms with van der Waals surface area (Å²) < 4.78 is 106. The minimum absolute atomic E-state index is 0.0106. The molecule has 0 saturated carbocycles. The summed E-state index contributed by atoms with van der Waals surface area (Å²) in [6, 6.07) is 23.8. The van der Waals surface area contributed by atoms with Gasteiger partial charge in [0, 0.05) is 22.7 Å². The number of hydrogen-bond donors (Lipinski definition) is 3. The molecular formula is C48H44F7N3O4S. The van der Waals surface area contributed by atoms with Crippen LogP contribution in [0, 0.1) is 23.3 Å². The van der Waals surface area contributed by atoms with Crippen LogP contribution in [0.5, 0.6) is 0 Å². The molecule has 0 saturated heterocycles. The van der Waals surface area contributed by atoms with Gasteiger partial charge in [-0.25, -0.2) is 22.4 Å². The molecule has 0 radical (unpaired) electrons. The first-order chi connectivity index (χ1) is 30.2. The molecule has 1 aromatic heterocycles. The van der Waals surface area contributed by atoms with E-state index in [4.69, 9.17) is 10.5 Å². The van der Waals surface area contributed by atoms with Crippen molar-refractivity contribution >= 4 is 40.6 Å². The number of alkyl halides is 3. The van der Waals surface area contributed by atoms with Crippen molar-refractivity contribution in [3.05, 3.63) is 161 Å². The molecule has 7 nitrogen and oxygen atoms in total. The lowest BCUT2D eigenvalue weighted by atomic mass is 9.98. The molecule has 2 amide bonds. The number of nitrogens with one attached hydrogen (secondary N) is 1. The number of aliphatic hydroxyl groups excluding tert-OH is 1. The number of ether oxygens (including phenoxy) is 1. The molecule has 2 atom stereocenters. The monoisotopic (exact) mass is 891 g/mol. The molecule has 1 heterocycles. The van der Waals surface area contributed by atoms with Gasteiger partial charge < -0.3 is 25.5 Å². The van der Waals surface area contributed by atoms with Crippen molar-refractivity contribution in [1.82, 2.24) is 9.88 Å². The largest absolute Gasteiger partial charge is 0.495 e. The highest BCUT2D eigenvalue weighted by Crippen LogP contribution is 2.42. The third kappa shape index (κ3) is 11.3. The van der Waals surface area contributed by atoms with E-state index in [1.165, 1.54) is 73.6 Å². The maximum atomic E-state index is 15.8. The standard InChI is InChI=1S/C29H16F7NO2S.C19H28N2O2/c30-19-10-11-23(26(33)25(19)28(39)27(38)15-6-2-1-3-7-15)37-14-18(16-8-4-5-9-22(16)37)17-12-21(32)24(13-20(17)31)40-29(34,35)36;1-2-3-4-5-6-7-10-13-23-17-14-15-11-8-9-12-16(15)18(17)21-19(20)22/h1-14,27,38H;8-9,11-12,14,18H,2-7,10,13H2,1H3,(H3,20,21,22). The number of unbranched alkanes of at least 4 members (excludes halogenated alkanes) is 6. The van der Waals surface area contributed by atoms with Gasteiger partial charge in [-0.15, -0.1) is 0 Å². The number of ketones is 1. The Morgan fingerprint density at radius 1 is 0.810 bits per heavy atom. The van der Waals surface area contributed by atoms with Crippen LogP contribution >= 0.6 is 11.8 Å². The SMILES string of the molecule is CCCCCCCCCOC1=Cc2ccccc2C1NC(N)=O.O=C(c1c(F)ccc(-n2cc(-c3cc(F)c(SC(F)(F)F)cc3F)c3ccccc32)c1F)C(O)c1ccccc1. The van der Waals surface area contributed by atoms with E-state index in [0.29, 0.717) is 18.7 Å². The zero-order valence-electron chi connectivity index (χ0n) is 34.0. The molecule has 2 unspecified atom stereocenters. The fourth-order valence-electron chi connectivity index (χ4n) is 7.37. The van der Waals surface area contributed by atoms with Gasteiger partial charge in [-0.3, -0.25) is 4.79 Å². The molecular weight excluding hydrogens is 848 g/mol. The normalized spacial score (nSPS) is 13.8. The number of hydrogen-bond acceptors (Lipinski definition) is 5. The van der Waals surface area contributed by atoms with Gasteiger partial charge >= 0.3 is 11.5 Å². The number of amides is 2. The number of aliphatic hydroxyl groups is 1. The summed E-state index contributed by atoms with van der Waals surface area (Å²) >= 11 is -0.798. The number of carbonyl (C=O) groups is 2. The second-order valence-corrected chi connectivity index (χ2v) is 15.9. The highest BCUT2D eigenvalue weighted by atomic mass is 32.2. The second kappa shape index (κ2) is 20.9. The Kier molecular flexibility index (Phi) is 15.4. The third-order valence-corrected chi connectivity index (χ3v) is 11.1. The predicted octanol–water partition coefficient (Wildman–Crippen LogP) is 12.9. The van der Waals surface area contributed by atoms with E-state index >= 15 is 8.78 Å². The number of carbonyl (C=O) groups excluding carboxylic acids is 2. The number of halogens is 7. The Hall–Kier alpha value is -6.06. The molecule has 63 heavy (non-hydrogen) atoms. The fourth-order valence-corrected chi connectivity index (χ4v) is 7.94. The summed E-state index contributed by atoms with van der Waals surface area (Å²) in [5.41, 5.74) is 1.23. The maximum absolute atomic E-state index is 15.8. The molecule has 0 bridgehead atoms. The summed E-state index contributed by atoms with van der Waals surface area (Å²) in [6.07, 6.45) is 10.1. The summed E-state index contributed by atoms with van der Waals surface area (Å²) in [6.45, 7) is 2.92. The van der Waals surface area contributed by atoms with E-state index in [0.717, 1.165) is 35.4 Å². The third-order valence-electron chi connectivity index (χ3n) is 10.4. The Labute approximate surface area is 363 Å². The average Bonchev–Trinajstić information content (AvgIpc) is 3.80. The van der Waals surface area contributed by atoms with E-state index in [1.54, 1.807) is 30.3 Å². The van der Waals surface area contributed by atoms with Crippen molar-refractivity contribution in [2.24, 2.45) is 5.73 Å². The van der Waals surface area contributed by atoms with Crippen molar-refractivity contribution in [3.8, 4) is 16.8 Å². The van der Waals surface area contributed by atoms with E-state index < -0.39 is 74.5 Å². The van der Waals surface area contributed by atoms with Crippen LogP contribution in [0.25, 0.3) is 33.8 Å². The second-order valence-electron chi connectivity index (χ2n) is 14.8. The summed E-state index contributed by atoms with van der Waals surface area (Å²) in [5.74, 6) is -5.44. The maximum Gasteiger partial charge on any atom is 0.446 e. The van der Waals surface area contributed by atoms with Gasteiger partial charge in [0.15, 0.2) is 5.82 Å². The molecule has 0 spiro atoms. The molecule has 5 aromatic carbocycles. The number of rotatable bonds is 16. The number of nitrogens with zero attached hydrogens (tertiary/aromatic N) is 1. The quantitative estimate of drug-likeness (QED) is 0.0388. The molecule has 1 aliphatic carbocycles. The number of aromatic nitrogens is 1. The lowest BCUT2D eigenvalue weighted by Crippen LogP contribution is -2.33. The average molecular weight is 892 g/mol. The number of primary amides is 1. The Bertz CT molecular complexity index is 2600. The Morgan fingerprint density at radius 3 is 2.19 bits per heavy atom. The number of nitrogens with two attached hydrogens (primary N) is 1. The van der Waals surface area contributed by atoms with Gasteiger partial charge in [-0.2, -0.15) is 13.2 Å². The van der Waals surface area contributed by atoms with E-state index in [-0.39, 0.29) is 33.8 Å². The van der Waals surface area contributed by atoms with Crippen LogP contribution in [0.2, 0.25) is 0 Å². The van der Waals surface area contributed by atoms with Gasteiger partial charge in [-0.1, -0.05) is 118 Å². The zero-order chi connectivity index (χ0) is 45.3. The van der Waals surface area contributed by atoms with Crippen LogP contribution in [-0.4, -0.2) is 33.6 Å². The number of fused-ring (bicyclic) bond motifs is 2. The molecule has 15 heteroatoms. The molecule has 4 N–H and O–H groups in total. The molecule has 1 aliphatic rings. The first-order valence-electron chi connectivity index (χ1n) is 20.3. The van der Waals surface area contributed by atoms with E-state index in [1.807, 2.05) is 30.3 Å². The summed E-state index contributed by atoms with van der Waals surface area (Å²) in [7, 11) is 0. The van der Waals surface area contributed by atoms with Crippen LogP contribution in [0.4, 0.5) is 35.5 Å². The molecule has 7 rings (SSSR count). The lowest BCUT2D eigenvalue weighted by molar-refractivity contribution is -0.0329. The molecule has 6 aromatic rings. The molecule has 0 fully saturated rings. The number of benzene rings is 5. The van der Waals surface area contributed by atoms with Crippen molar-refractivity contribution in [2.45, 2.75) is 74.4 Å². The van der Waals surface area contributed by atoms with Gasteiger partial charge in [0.2, 0.25) is 5.78 Å². The minimum atomic E-state index is -4.84. The van der Waals surface area contributed by atoms with E-state index in [2.05, 4.69) is 12.2 Å². The minimum Gasteiger partial charge on any atom is -0.495 e. The van der Waals surface area contributed by atoms with Crippen LogP contribution in [-0.2, 0) is 4.74 Å².